The van der Waals surface area contributed by atoms with E-state index < -0.39 is 0 Å². The SMILES string of the molecule is CC(C)C1CCSC(=NCCNC(=O)C2CC2)N1. The zero-order chi connectivity index (χ0) is 13.0. The monoisotopic (exact) mass is 269 g/mol. The number of rotatable bonds is 5. The molecule has 102 valence electrons. The van der Waals surface area contributed by atoms with E-state index in [9.17, 15) is 4.79 Å². The van der Waals surface area contributed by atoms with Crippen molar-refractivity contribution in [3.63, 3.8) is 0 Å². The normalized spacial score (nSPS) is 26.2. The molecule has 2 fully saturated rings. The molecule has 0 bridgehead atoms. The molecular weight excluding hydrogens is 246 g/mol. The molecule has 1 heterocycles. The second-order valence-corrected chi connectivity index (χ2v) is 6.47. The quantitative estimate of drug-likeness (QED) is 0.746. The topological polar surface area (TPSA) is 53.5 Å². The maximum absolute atomic E-state index is 11.4. The van der Waals surface area contributed by atoms with E-state index in [1.54, 1.807) is 11.8 Å². The van der Waals surface area contributed by atoms with Gasteiger partial charge >= 0.3 is 0 Å². The Hall–Kier alpha value is -0.710. The van der Waals surface area contributed by atoms with Gasteiger partial charge in [0.2, 0.25) is 5.91 Å². The number of amides is 1. The van der Waals surface area contributed by atoms with Gasteiger partial charge in [-0.05, 0) is 25.2 Å². The number of nitrogens with zero attached hydrogens (tertiary/aromatic N) is 1. The Morgan fingerprint density at radius 3 is 2.94 bits per heavy atom. The number of aliphatic imine (C=N–C) groups is 1. The predicted molar refractivity (Wildman–Crippen MR) is 76.9 cm³/mol. The molecule has 0 spiro atoms. The van der Waals surface area contributed by atoms with Crippen LogP contribution in [0.4, 0.5) is 0 Å². The maximum atomic E-state index is 11.4. The maximum Gasteiger partial charge on any atom is 0.223 e. The van der Waals surface area contributed by atoms with E-state index >= 15 is 0 Å². The number of amidine groups is 1. The Morgan fingerprint density at radius 1 is 1.50 bits per heavy atom. The van der Waals surface area contributed by atoms with Crippen LogP contribution >= 0.6 is 11.8 Å². The van der Waals surface area contributed by atoms with Gasteiger partial charge in [-0.1, -0.05) is 25.6 Å². The molecule has 0 aromatic rings. The highest BCUT2D eigenvalue weighted by Crippen LogP contribution is 2.28. The molecule has 1 atom stereocenters. The average molecular weight is 269 g/mol. The summed E-state index contributed by atoms with van der Waals surface area (Å²) in [6.07, 6.45) is 3.33. The van der Waals surface area contributed by atoms with E-state index in [1.807, 2.05) is 0 Å². The van der Waals surface area contributed by atoms with Crippen LogP contribution in [0.3, 0.4) is 0 Å². The smallest absolute Gasteiger partial charge is 0.223 e. The van der Waals surface area contributed by atoms with Gasteiger partial charge in [0.15, 0.2) is 5.17 Å². The predicted octanol–water partition coefficient (Wildman–Crippen LogP) is 1.62. The van der Waals surface area contributed by atoms with Crippen molar-refractivity contribution in [3.8, 4) is 0 Å². The molecule has 1 aliphatic carbocycles. The van der Waals surface area contributed by atoms with E-state index in [4.69, 9.17) is 0 Å². The minimum atomic E-state index is 0.208. The molecule has 0 aromatic heterocycles. The third kappa shape index (κ3) is 4.19. The fraction of sp³-hybridized carbons (Fsp3) is 0.846. The lowest BCUT2D eigenvalue weighted by atomic mass is 10.0. The van der Waals surface area contributed by atoms with Crippen molar-refractivity contribution in [2.24, 2.45) is 16.8 Å². The molecule has 1 saturated carbocycles. The number of carbonyl (C=O) groups excluding carboxylic acids is 1. The van der Waals surface area contributed by atoms with E-state index in [2.05, 4.69) is 29.5 Å². The molecule has 1 amide bonds. The first-order valence-electron chi connectivity index (χ1n) is 6.88. The Labute approximate surface area is 113 Å². The molecule has 0 aromatic carbocycles. The molecule has 4 nitrogen and oxygen atoms in total. The van der Waals surface area contributed by atoms with Crippen LogP contribution in [0.5, 0.6) is 0 Å². The Balaban J connectivity index is 1.66. The number of hydrogen-bond acceptors (Lipinski definition) is 3. The van der Waals surface area contributed by atoms with Crippen molar-refractivity contribution in [2.75, 3.05) is 18.8 Å². The Bertz CT molecular complexity index is 326. The zero-order valence-electron chi connectivity index (χ0n) is 11.2. The van der Waals surface area contributed by atoms with Crippen molar-refractivity contribution in [2.45, 2.75) is 39.2 Å². The summed E-state index contributed by atoms with van der Waals surface area (Å²) < 4.78 is 0. The summed E-state index contributed by atoms with van der Waals surface area (Å²) in [5, 5.41) is 7.45. The van der Waals surface area contributed by atoms with E-state index in [-0.39, 0.29) is 5.91 Å². The van der Waals surface area contributed by atoms with Gasteiger partial charge in [-0.2, -0.15) is 0 Å². The fourth-order valence-corrected chi connectivity index (χ4v) is 2.96. The second kappa shape index (κ2) is 6.45. The summed E-state index contributed by atoms with van der Waals surface area (Å²) in [4.78, 5) is 15.9. The molecule has 5 heteroatoms. The lowest BCUT2D eigenvalue weighted by Gasteiger charge is -2.28. The van der Waals surface area contributed by atoms with Gasteiger partial charge in [0.1, 0.15) is 0 Å². The summed E-state index contributed by atoms with van der Waals surface area (Å²) in [5.74, 6) is 2.29. The lowest BCUT2D eigenvalue weighted by molar-refractivity contribution is -0.122. The Morgan fingerprint density at radius 2 is 2.28 bits per heavy atom. The van der Waals surface area contributed by atoms with E-state index in [0.717, 1.165) is 23.8 Å². The molecule has 2 aliphatic rings. The fourth-order valence-electron chi connectivity index (χ4n) is 1.97. The van der Waals surface area contributed by atoms with Gasteiger partial charge < -0.3 is 10.6 Å². The van der Waals surface area contributed by atoms with Crippen LogP contribution in [-0.4, -0.2) is 36.0 Å². The summed E-state index contributed by atoms with van der Waals surface area (Å²) >= 11 is 1.79. The zero-order valence-corrected chi connectivity index (χ0v) is 12.1. The van der Waals surface area contributed by atoms with Gasteiger partial charge in [0.05, 0.1) is 6.54 Å². The third-order valence-corrected chi connectivity index (χ3v) is 4.36. The largest absolute Gasteiger partial charge is 0.362 e. The minimum absolute atomic E-state index is 0.208. The van der Waals surface area contributed by atoms with Crippen LogP contribution in [0.2, 0.25) is 0 Å². The molecule has 1 aliphatic heterocycles. The van der Waals surface area contributed by atoms with Crippen LogP contribution in [-0.2, 0) is 4.79 Å². The summed E-state index contributed by atoms with van der Waals surface area (Å²) in [7, 11) is 0. The van der Waals surface area contributed by atoms with Crippen LogP contribution in [0.1, 0.15) is 33.1 Å². The van der Waals surface area contributed by atoms with Crippen molar-refractivity contribution in [1.82, 2.24) is 10.6 Å². The van der Waals surface area contributed by atoms with Gasteiger partial charge in [-0.3, -0.25) is 9.79 Å². The summed E-state index contributed by atoms with van der Waals surface area (Å²) in [6, 6.07) is 0.547. The summed E-state index contributed by atoms with van der Waals surface area (Å²) in [6.45, 7) is 5.81. The standard InChI is InChI=1S/C13H23N3OS/c1-9(2)11-5-8-18-13(16-11)15-7-6-14-12(17)10-3-4-10/h9-11H,3-8H2,1-2H3,(H,14,17)(H,15,16). The van der Waals surface area contributed by atoms with Crippen molar-refractivity contribution in [1.29, 1.82) is 0 Å². The van der Waals surface area contributed by atoms with Crippen molar-refractivity contribution in [3.05, 3.63) is 0 Å². The average Bonchev–Trinajstić information content (AvgIpc) is 3.19. The molecule has 1 saturated heterocycles. The van der Waals surface area contributed by atoms with Crippen LogP contribution in [0, 0.1) is 11.8 Å². The van der Waals surface area contributed by atoms with Crippen molar-refractivity contribution < 1.29 is 4.79 Å². The first kappa shape index (κ1) is 13.7. The van der Waals surface area contributed by atoms with Gasteiger partial charge in [0, 0.05) is 24.3 Å². The third-order valence-electron chi connectivity index (χ3n) is 3.40. The Kier molecular flexibility index (Phi) is 4.92. The van der Waals surface area contributed by atoms with Crippen molar-refractivity contribution >= 4 is 22.8 Å². The second-order valence-electron chi connectivity index (χ2n) is 5.38. The van der Waals surface area contributed by atoms with Crippen LogP contribution < -0.4 is 10.6 Å². The van der Waals surface area contributed by atoms with Gasteiger partial charge in [-0.25, -0.2) is 0 Å². The molecule has 18 heavy (non-hydrogen) atoms. The first-order valence-corrected chi connectivity index (χ1v) is 7.87. The highest BCUT2D eigenvalue weighted by atomic mass is 32.2. The van der Waals surface area contributed by atoms with Crippen LogP contribution in [0.25, 0.3) is 0 Å². The number of carbonyl (C=O) groups is 1. The van der Waals surface area contributed by atoms with Crippen LogP contribution in [0.15, 0.2) is 4.99 Å². The summed E-state index contributed by atoms with van der Waals surface area (Å²) in [5.41, 5.74) is 0. The molecule has 2 rings (SSSR count). The van der Waals surface area contributed by atoms with Gasteiger partial charge in [-0.15, -0.1) is 0 Å². The highest BCUT2D eigenvalue weighted by Gasteiger charge is 2.29. The highest BCUT2D eigenvalue weighted by molar-refractivity contribution is 8.13. The van der Waals surface area contributed by atoms with E-state index in [0.29, 0.717) is 31.0 Å². The lowest BCUT2D eigenvalue weighted by Crippen LogP contribution is -2.41. The van der Waals surface area contributed by atoms with E-state index in [1.165, 1.54) is 6.42 Å². The number of hydrogen-bond donors (Lipinski definition) is 2. The number of nitrogens with one attached hydrogen (secondary N) is 2. The molecular formula is C13H23N3OS. The molecule has 1 unspecified atom stereocenters. The minimum Gasteiger partial charge on any atom is -0.362 e. The molecule has 2 N–H and O–H groups in total. The van der Waals surface area contributed by atoms with Gasteiger partial charge in [0.25, 0.3) is 0 Å². The first-order chi connectivity index (χ1) is 8.66. The number of thioether (sulfide) groups is 1. The molecule has 0 radical (unpaired) electrons.